The third-order valence-corrected chi connectivity index (χ3v) is 3.13. The zero-order valence-electron chi connectivity index (χ0n) is 13.0. The number of halogens is 1. The minimum Gasteiger partial charge on any atom is -0.493 e. The normalized spacial score (nSPS) is 11.4. The van der Waals surface area contributed by atoms with Crippen LogP contribution in [-0.2, 0) is 0 Å². The van der Waals surface area contributed by atoms with Crippen LogP contribution in [0.3, 0.4) is 0 Å². The molecule has 2 N–H and O–H groups in total. The summed E-state index contributed by atoms with van der Waals surface area (Å²) in [5.41, 5.74) is 7.22. The summed E-state index contributed by atoms with van der Waals surface area (Å²) in [7, 11) is 1.58. The van der Waals surface area contributed by atoms with Crippen LogP contribution in [0.15, 0.2) is 23.4 Å². The highest BCUT2D eigenvalue weighted by Crippen LogP contribution is 2.33. The molecule has 0 saturated carbocycles. The summed E-state index contributed by atoms with van der Waals surface area (Å²) in [6.07, 6.45) is 3.35. The van der Waals surface area contributed by atoms with Crippen molar-refractivity contribution in [1.82, 2.24) is 9.66 Å². The molecule has 0 unspecified atom stereocenters. The Hall–Kier alpha value is -2.21. The van der Waals surface area contributed by atoms with Crippen molar-refractivity contribution in [2.45, 2.75) is 26.9 Å². The number of imidazole rings is 1. The number of nitrogens with zero attached hydrogens (tertiary/aromatic N) is 3. The number of nitrogen functional groups attached to an aromatic ring is 1. The molecule has 1 aromatic heterocycles. The molecule has 0 radical (unpaired) electrons. The molecule has 1 heterocycles. The van der Waals surface area contributed by atoms with Crippen molar-refractivity contribution in [3.05, 3.63) is 34.6 Å². The Kier molecular flexibility index (Phi) is 4.92. The number of ether oxygens (including phenoxy) is 2. The van der Waals surface area contributed by atoms with Gasteiger partial charge in [0.2, 0.25) is 5.95 Å². The molecule has 0 saturated heterocycles. The molecule has 118 valence electrons. The number of anilines is 1. The molecule has 22 heavy (non-hydrogen) atoms. The van der Waals surface area contributed by atoms with Gasteiger partial charge in [-0.15, -0.1) is 0 Å². The lowest BCUT2D eigenvalue weighted by atomic mass is 10.2. The Balaban J connectivity index is 2.33. The third kappa shape index (κ3) is 3.71. The van der Waals surface area contributed by atoms with E-state index in [1.165, 1.54) is 4.68 Å². The SMILES string of the molecule is COc1cc(C=Nn2cc(C)nc2N)c(Cl)cc1OC(C)C. The standard InChI is InChI=1S/C15H19ClN4O2/c1-9(2)22-14-6-12(16)11(5-13(14)21-4)7-18-20-8-10(3)19-15(20)17/h5-9H,1-4H3,(H2,17,19). The van der Waals surface area contributed by atoms with Crippen LogP contribution in [0.2, 0.25) is 5.02 Å². The van der Waals surface area contributed by atoms with E-state index in [0.29, 0.717) is 28.0 Å². The molecule has 2 rings (SSSR count). The summed E-state index contributed by atoms with van der Waals surface area (Å²) in [5.74, 6) is 1.50. The van der Waals surface area contributed by atoms with Gasteiger partial charge in [0.15, 0.2) is 11.5 Å². The Bertz CT molecular complexity index is 695. The van der Waals surface area contributed by atoms with Crippen molar-refractivity contribution in [1.29, 1.82) is 0 Å². The van der Waals surface area contributed by atoms with Crippen molar-refractivity contribution < 1.29 is 9.47 Å². The fraction of sp³-hybridized carbons (Fsp3) is 0.333. The van der Waals surface area contributed by atoms with Crippen LogP contribution in [0.5, 0.6) is 11.5 Å². The van der Waals surface area contributed by atoms with Crippen LogP contribution in [-0.4, -0.2) is 29.1 Å². The van der Waals surface area contributed by atoms with Gasteiger partial charge in [-0.1, -0.05) is 11.6 Å². The van der Waals surface area contributed by atoms with E-state index in [4.69, 9.17) is 26.8 Å². The molecule has 0 aliphatic carbocycles. The van der Waals surface area contributed by atoms with Gasteiger partial charge in [-0.05, 0) is 26.8 Å². The Morgan fingerprint density at radius 2 is 2.09 bits per heavy atom. The Morgan fingerprint density at radius 3 is 2.64 bits per heavy atom. The number of methoxy groups -OCH3 is 1. The lowest BCUT2D eigenvalue weighted by molar-refractivity contribution is 0.230. The van der Waals surface area contributed by atoms with Crippen molar-refractivity contribution >= 4 is 23.8 Å². The minimum absolute atomic E-state index is 0.0261. The molecule has 0 amide bonds. The fourth-order valence-electron chi connectivity index (χ4n) is 1.88. The first-order chi connectivity index (χ1) is 10.4. The highest BCUT2D eigenvalue weighted by Gasteiger charge is 2.11. The smallest absolute Gasteiger partial charge is 0.221 e. The Labute approximate surface area is 134 Å². The maximum atomic E-state index is 6.27. The molecule has 0 atom stereocenters. The lowest BCUT2D eigenvalue weighted by Crippen LogP contribution is -2.07. The summed E-state index contributed by atoms with van der Waals surface area (Å²) >= 11 is 6.27. The topological polar surface area (TPSA) is 74.7 Å². The molecule has 0 fully saturated rings. The summed E-state index contributed by atoms with van der Waals surface area (Å²) in [4.78, 5) is 4.08. The zero-order chi connectivity index (χ0) is 16.3. The van der Waals surface area contributed by atoms with Crippen LogP contribution in [0.1, 0.15) is 25.1 Å². The van der Waals surface area contributed by atoms with Gasteiger partial charge in [-0.25, -0.2) is 9.66 Å². The molecule has 0 aliphatic rings. The van der Waals surface area contributed by atoms with E-state index in [-0.39, 0.29) is 6.10 Å². The number of nitrogens with two attached hydrogens (primary N) is 1. The van der Waals surface area contributed by atoms with Gasteiger partial charge in [0, 0.05) is 11.6 Å². The number of hydrogen-bond acceptors (Lipinski definition) is 5. The van der Waals surface area contributed by atoms with E-state index in [0.717, 1.165) is 5.69 Å². The fourth-order valence-corrected chi connectivity index (χ4v) is 2.08. The number of aromatic nitrogens is 2. The number of hydrogen-bond donors (Lipinski definition) is 1. The van der Waals surface area contributed by atoms with Gasteiger partial charge >= 0.3 is 0 Å². The zero-order valence-corrected chi connectivity index (χ0v) is 13.8. The van der Waals surface area contributed by atoms with Gasteiger partial charge < -0.3 is 15.2 Å². The first-order valence-electron chi connectivity index (χ1n) is 6.80. The molecule has 0 spiro atoms. The van der Waals surface area contributed by atoms with E-state index in [9.17, 15) is 0 Å². The van der Waals surface area contributed by atoms with Crippen LogP contribution in [0.25, 0.3) is 0 Å². The molecule has 1 aromatic carbocycles. The van der Waals surface area contributed by atoms with Crippen LogP contribution in [0.4, 0.5) is 5.95 Å². The molecule has 6 nitrogen and oxygen atoms in total. The van der Waals surface area contributed by atoms with E-state index in [2.05, 4.69) is 10.1 Å². The van der Waals surface area contributed by atoms with Crippen LogP contribution >= 0.6 is 11.6 Å². The maximum absolute atomic E-state index is 6.27. The predicted octanol–water partition coefficient (Wildman–Crippen LogP) is 3.11. The van der Waals surface area contributed by atoms with Crippen molar-refractivity contribution in [2.24, 2.45) is 5.10 Å². The average Bonchev–Trinajstić information content (AvgIpc) is 2.75. The first-order valence-corrected chi connectivity index (χ1v) is 7.18. The third-order valence-electron chi connectivity index (χ3n) is 2.80. The molecular formula is C15H19ClN4O2. The van der Waals surface area contributed by atoms with E-state index in [1.54, 1.807) is 31.7 Å². The summed E-state index contributed by atoms with van der Waals surface area (Å²) < 4.78 is 12.5. The van der Waals surface area contributed by atoms with Gasteiger partial charge in [-0.3, -0.25) is 0 Å². The highest BCUT2D eigenvalue weighted by atomic mass is 35.5. The Morgan fingerprint density at radius 1 is 1.36 bits per heavy atom. The highest BCUT2D eigenvalue weighted by molar-refractivity contribution is 6.33. The molecule has 2 aromatic rings. The second-order valence-electron chi connectivity index (χ2n) is 5.02. The molecular weight excluding hydrogens is 304 g/mol. The van der Waals surface area contributed by atoms with Gasteiger partial charge in [-0.2, -0.15) is 5.10 Å². The van der Waals surface area contributed by atoms with Gasteiger partial charge in [0.1, 0.15) is 0 Å². The van der Waals surface area contributed by atoms with Crippen LogP contribution < -0.4 is 15.2 Å². The van der Waals surface area contributed by atoms with Crippen LogP contribution in [0, 0.1) is 6.92 Å². The summed E-state index contributed by atoms with van der Waals surface area (Å²) in [6.45, 7) is 5.72. The van der Waals surface area contributed by atoms with Crippen molar-refractivity contribution in [3.8, 4) is 11.5 Å². The number of rotatable bonds is 5. The second-order valence-corrected chi connectivity index (χ2v) is 5.43. The van der Waals surface area contributed by atoms with E-state index in [1.807, 2.05) is 20.8 Å². The predicted molar refractivity (Wildman–Crippen MR) is 88.1 cm³/mol. The van der Waals surface area contributed by atoms with Crippen molar-refractivity contribution in [3.63, 3.8) is 0 Å². The minimum atomic E-state index is 0.0261. The number of aryl methyl sites for hydroxylation is 1. The van der Waals surface area contributed by atoms with Gasteiger partial charge in [0.05, 0.1) is 36.3 Å². The van der Waals surface area contributed by atoms with E-state index >= 15 is 0 Å². The molecule has 7 heteroatoms. The summed E-state index contributed by atoms with van der Waals surface area (Å²) in [6, 6.07) is 3.48. The second kappa shape index (κ2) is 6.70. The molecule has 0 aliphatic heterocycles. The summed E-state index contributed by atoms with van der Waals surface area (Å²) in [5, 5.41) is 4.76. The van der Waals surface area contributed by atoms with Gasteiger partial charge in [0.25, 0.3) is 0 Å². The monoisotopic (exact) mass is 322 g/mol. The largest absolute Gasteiger partial charge is 0.493 e. The lowest BCUT2D eigenvalue weighted by Gasteiger charge is -2.14. The quantitative estimate of drug-likeness (QED) is 0.858. The molecule has 0 bridgehead atoms. The average molecular weight is 323 g/mol. The first kappa shape index (κ1) is 16.2. The maximum Gasteiger partial charge on any atom is 0.221 e. The number of benzene rings is 1. The van der Waals surface area contributed by atoms with Crippen molar-refractivity contribution in [2.75, 3.05) is 12.8 Å². The van der Waals surface area contributed by atoms with E-state index < -0.39 is 0 Å².